The number of ether oxygens (including phenoxy) is 1. The molecule has 2 unspecified atom stereocenters. The van der Waals surface area contributed by atoms with E-state index < -0.39 is 12.1 Å². The van der Waals surface area contributed by atoms with E-state index in [1.165, 1.54) is 315 Å². The van der Waals surface area contributed by atoms with Crippen molar-refractivity contribution in [3.8, 4) is 0 Å². The molecule has 75 heavy (non-hydrogen) atoms. The van der Waals surface area contributed by atoms with Crippen LogP contribution in [-0.2, 0) is 14.3 Å². The normalized spacial score (nSPS) is 12.5. The highest BCUT2D eigenvalue weighted by Crippen LogP contribution is 2.19. The maximum Gasteiger partial charge on any atom is 0.305 e. The van der Waals surface area contributed by atoms with Crippen molar-refractivity contribution in [2.45, 2.75) is 405 Å². The maximum atomic E-state index is 12.5. The summed E-state index contributed by atoms with van der Waals surface area (Å²) in [4.78, 5) is 24.5. The third-order valence-corrected chi connectivity index (χ3v) is 16.3. The average Bonchev–Trinajstić information content (AvgIpc) is 3.41. The Bertz CT molecular complexity index is 1130. The fourth-order valence-corrected chi connectivity index (χ4v) is 11.0. The third kappa shape index (κ3) is 61.7. The van der Waals surface area contributed by atoms with Crippen molar-refractivity contribution in [3.63, 3.8) is 0 Å². The number of carbonyl (C=O) groups excluding carboxylic acids is 2. The molecule has 0 saturated heterocycles. The fourth-order valence-electron chi connectivity index (χ4n) is 11.0. The molecule has 3 N–H and O–H groups in total. The van der Waals surface area contributed by atoms with Gasteiger partial charge in [-0.05, 0) is 44.9 Å². The Labute approximate surface area is 469 Å². The van der Waals surface area contributed by atoms with Gasteiger partial charge in [0.25, 0.3) is 0 Å². The summed E-state index contributed by atoms with van der Waals surface area (Å²) in [6, 6.07) is -0.537. The number of aliphatic hydroxyl groups excluding tert-OH is 2. The molecule has 0 aliphatic rings. The first-order valence-corrected chi connectivity index (χ1v) is 34.4. The van der Waals surface area contributed by atoms with Crippen LogP contribution in [0.1, 0.15) is 393 Å². The summed E-state index contributed by atoms with van der Waals surface area (Å²) < 4.78 is 5.47. The van der Waals surface area contributed by atoms with Crippen molar-refractivity contribution < 1.29 is 24.5 Å². The lowest BCUT2D eigenvalue weighted by Crippen LogP contribution is -2.45. The van der Waals surface area contributed by atoms with Crippen molar-refractivity contribution in [1.82, 2.24) is 5.32 Å². The molecule has 0 spiro atoms. The molecular weight excluding hydrogens is 923 g/mol. The van der Waals surface area contributed by atoms with Crippen molar-refractivity contribution in [3.05, 3.63) is 12.2 Å². The molecule has 1 amide bonds. The van der Waals surface area contributed by atoms with Crippen LogP contribution in [-0.4, -0.2) is 47.4 Å². The number of nitrogens with one attached hydrogen (secondary N) is 1. The van der Waals surface area contributed by atoms with E-state index in [2.05, 4.69) is 31.3 Å². The van der Waals surface area contributed by atoms with Crippen molar-refractivity contribution in [1.29, 1.82) is 0 Å². The first-order chi connectivity index (χ1) is 37.0. The van der Waals surface area contributed by atoms with Gasteiger partial charge in [-0.1, -0.05) is 347 Å². The lowest BCUT2D eigenvalue weighted by atomic mass is 10.0. The van der Waals surface area contributed by atoms with Crippen LogP contribution in [0.4, 0.5) is 0 Å². The first-order valence-electron chi connectivity index (χ1n) is 34.4. The molecular formula is C69H135NO5. The smallest absolute Gasteiger partial charge is 0.305 e. The summed E-state index contributed by atoms with van der Waals surface area (Å²) in [5, 5.41) is 23.3. The summed E-state index contributed by atoms with van der Waals surface area (Å²) in [7, 11) is 0. The number of unbranched alkanes of at least 4 members (excludes halogenated alkanes) is 52. The molecule has 0 saturated carbocycles. The Morgan fingerprint density at radius 1 is 0.360 bits per heavy atom. The number of carbonyl (C=O) groups is 2. The van der Waals surface area contributed by atoms with Gasteiger partial charge in [0, 0.05) is 12.8 Å². The highest BCUT2D eigenvalue weighted by Gasteiger charge is 2.20. The number of amides is 1. The van der Waals surface area contributed by atoms with Gasteiger partial charge in [-0.3, -0.25) is 9.59 Å². The van der Waals surface area contributed by atoms with Gasteiger partial charge in [-0.25, -0.2) is 0 Å². The molecule has 6 nitrogen and oxygen atoms in total. The topological polar surface area (TPSA) is 95.9 Å². The van der Waals surface area contributed by atoms with Gasteiger partial charge in [0.1, 0.15) is 0 Å². The fraction of sp³-hybridized carbons (Fsp3) is 0.942. The molecule has 2 atom stereocenters. The minimum Gasteiger partial charge on any atom is -0.466 e. The summed E-state index contributed by atoms with van der Waals surface area (Å²) in [5.74, 6) is -0.0170. The summed E-state index contributed by atoms with van der Waals surface area (Å²) >= 11 is 0. The van der Waals surface area contributed by atoms with Crippen molar-refractivity contribution >= 4 is 11.9 Å². The van der Waals surface area contributed by atoms with E-state index in [1.807, 2.05) is 0 Å². The zero-order valence-electron chi connectivity index (χ0n) is 51.1. The molecule has 0 fully saturated rings. The first kappa shape index (κ1) is 73.6. The summed E-state index contributed by atoms with van der Waals surface area (Å²) in [6.45, 7) is 4.95. The Morgan fingerprint density at radius 2 is 0.640 bits per heavy atom. The number of aliphatic hydroxyl groups is 2. The molecule has 0 heterocycles. The molecule has 0 aliphatic carbocycles. The van der Waals surface area contributed by atoms with Gasteiger partial charge in [-0.2, -0.15) is 0 Å². The predicted octanol–water partition coefficient (Wildman–Crippen LogP) is 22.0. The highest BCUT2D eigenvalue weighted by atomic mass is 16.5. The second-order valence-electron chi connectivity index (χ2n) is 23.9. The highest BCUT2D eigenvalue weighted by molar-refractivity contribution is 5.76. The molecule has 0 aliphatic heterocycles. The second kappa shape index (κ2) is 65.1. The zero-order chi connectivity index (χ0) is 54.3. The van der Waals surface area contributed by atoms with E-state index in [4.69, 9.17) is 4.74 Å². The Kier molecular flexibility index (Phi) is 63.9. The number of allylic oxidation sites excluding steroid dienone is 2. The molecule has 0 aromatic rings. The van der Waals surface area contributed by atoms with E-state index in [0.29, 0.717) is 25.9 Å². The lowest BCUT2D eigenvalue weighted by molar-refractivity contribution is -0.143. The second-order valence-corrected chi connectivity index (χ2v) is 23.9. The third-order valence-electron chi connectivity index (χ3n) is 16.3. The van der Waals surface area contributed by atoms with E-state index >= 15 is 0 Å². The van der Waals surface area contributed by atoms with E-state index in [9.17, 15) is 19.8 Å². The van der Waals surface area contributed by atoms with Gasteiger partial charge < -0.3 is 20.3 Å². The van der Waals surface area contributed by atoms with Crippen LogP contribution in [0.2, 0.25) is 0 Å². The van der Waals surface area contributed by atoms with Crippen molar-refractivity contribution in [2.75, 3.05) is 13.2 Å². The minimum absolute atomic E-state index is 0.0102. The van der Waals surface area contributed by atoms with Gasteiger partial charge in [-0.15, -0.1) is 0 Å². The predicted molar refractivity (Wildman–Crippen MR) is 329 cm³/mol. The van der Waals surface area contributed by atoms with Crippen LogP contribution in [0, 0.1) is 0 Å². The lowest BCUT2D eigenvalue weighted by Gasteiger charge is -2.22. The molecule has 6 heteroatoms. The average molecular weight is 1060 g/mol. The minimum atomic E-state index is -0.660. The molecule has 446 valence electrons. The van der Waals surface area contributed by atoms with Gasteiger partial charge in [0.15, 0.2) is 0 Å². The Balaban J connectivity index is 3.32. The SMILES string of the molecule is CCCC/C=C\CCCCCCCC(=O)OCCCCCCCCCCCCCCCCCCCCCCCCCCCCCCCCCC(=O)NC(CO)C(O)CCCCCCCCCCCCCCCCCC. The number of rotatable bonds is 65. The molecule has 0 bridgehead atoms. The molecule has 0 aromatic carbocycles. The van der Waals surface area contributed by atoms with Crippen LogP contribution >= 0.6 is 0 Å². The quantitative estimate of drug-likeness (QED) is 0.0320. The van der Waals surface area contributed by atoms with Gasteiger partial charge in [0.05, 0.1) is 25.4 Å². The maximum absolute atomic E-state index is 12.5. The van der Waals surface area contributed by atoms with Crippen LogP contribution in [0.25, 0.3) is 0 Å². The Hall–Kier alpha value is -1.40. The monoisotopic (exact) mass is 1060 g/mol. The van der Waals surface area contributed by atoms with E-state index in [1.54, 1.807) is 0 Å². The number of hydrogen-bond acceptors (Lipinski definition) is 5. The zero-order valence-corrected chi connectivity index (χ0v) is 51.1. The largest absolute Gasteiger partial charge is 0.466 e. The molecule has 0 aromatic heterocycles. The van der Waals surface area contributed by atoms with Crippen molar-refractivity contribution in [2.24, 2.45) is 0 Å². The summed E-state index contributed by atoms with van der Waals surface area (Å²) in [6.07, 6.45) is 79.8. The van der Waals surface area contributed by atoms with Crippen LogP contribution in [0.15, 0.2) is 12.2 Å². The van der Waals surface area contributed by atoms with Gasteiger partial charge in [0.2, 0.25) is 5.91 Å². The van der Waals surface area contributed by atoms with Crippen LogP contribution in [0.3, 0.4) is 0 Å². The van der Waals surface area contributed by atoms with E-state index in [0.717, 1.165) is 44.9 Å². The molecule has 0 radical (unpaired) electrons. The molecule has 0 rings (SSSR count). The number of hydrogen-bond donors (Lipinski definition) is 3. The summed E-state index contributed by atoms with van der Waals surface area (Å²) in [5.41, 5.74) is 0. The van der Waals surface area contributed by atoms with E-state index in [-0.39, 0.29) is 18.5 Å². The van der Waals surface area contributed by atoms with Crippen LogP contribution in [0.5, 0.6) is 0 Å². The number of esters is 1. The Morgan fingerprint density at radius 3 is 0.987 bits per heavy atom. The standard InChI is InChI=1S/C69H135NO5/c1-3-5-7-9-11-13-15-16-17-35-38-42-45-49-53-57-61-67(72)66(65-71)70-68(73)62-58-54-50-46-43-39-36-33-31-29-27-25-23-21-19-18-20-22-24-26-28-30-32-34-37-40-44-48-52-56-60-64-75-69(74)63-59-55-51-47-41-14-12-10-8-6-4-2/h10,12,66-67,71-72H,3-9,11,13-65H2,1-2H3,(H,70,73)/b12-10-. The van der Waals surface area contributed by atoms with Gasteiger partial charge >= 0.3 is 5.97 Å². The van der Waals surface area contributed by atoms with Crippen LogP contribution < -0.4 is 5.32 Å².